The summed E-state index contributed by atoms with van der Waals surface area (Å²) in [4.78, 5) is 0. The Labute approximate surface area is 108 Å². The molecule has 0 aliphatic carbocycles. The molecule has 0 unspecified atom stereocenters. The van der Waals surface area contributed by atoms with Gasteiger partial charge in [0.2, 0.25) is 10.0 Å². The van der Waals surface area contributed by atoms with Crippen molar-refractivity contribution in [3.8, 4) is 0 Å². The molecule has 0 aromatic carbocycles. The molecule has 1 aliphatic heterocycles. The van der Waals surface area contributed by atoms with Crippen LogP contribution in [0.2, 0.25) is 0 Å². The molecule has 0 atom stereocenters. The summed E-state index contributed by atoms with van der Waals surface area (Å²) >= 11 is 0. The number of ether oxygens (including phenoxy) is 1. The molecule has 108 valence electrons. The molecule has 1 fully saturated rings. The van der Waals surface area contributed by atoms with Crippen LogP contribution >= 0.6 is 0 Å². The lowest BCUT2D eigenvalue weighted by atomic mass is 10.5. The van der Waals surface area contributed by atoms with Crippen molar-refractivity contribution < 1.29 is 21.6 Å². The van der Waals surface area contributed by atoms with E-state index in [2.05, 4.69) is 4.72 Å². The van der Waals surface area contributed by atoms with Gasteiger partial charge in [0.1, 0.15) is 0 Å². The van der Waals surface area contributed by atoms with Gasteiger partial charge in [-0.05, 0) is 0 Å². The van der Waals surface area contributed by atoms with Crippen molar-refractivity contribution in [1.82, 2.24) is 13.3 Å². The van der Waals surface area contributed by atoms with E-state index in [0.717, 1.165) is 4.31 Å². The Balaban J connectivity index is 2.47. The quantitative estimate of drug-likeness (QED) is 0.615. The third-order valence-corrected chi connectivity index (χ3v) is 5.89. The van der Waals surface area contributed by atoms with Crippen molar-refractivity contribution in [3.05, 3.63) is 0 Å². The van der Waals surface area contributed by atoms with Crippen LogP contribution in [-0.2, 0) is 25.0 Å². The molecule has 1 N–H and O–H groups in total. The molecule has 0 aromatic heterocycles. The van der Waals surface area contributed by atoms with Gasteiger partial charge < -0.3 is 4.74 Å². The number of hydrogen-bond acceptors (Lipinski definition) is 5. The van der Waals surface area contributed by atoms with E-state index in [-0.39, 0.29) is 12.3 Å². The van der Waals surface area contributed by atoms with Crippen molar-refractivity contribution in [3.63, 3.8) is 0 Å². The molecular weight excluding hydrogens is 282 g/mol. The highest BCUT2D eigenvalue weighted by atomic mass is 32.2. The van der Waals surface area contributed by atoms with Gasteiger partial charge >= 0.3 is 0 Å². The van der Waals surface area contributed by atoms with Gasteiger partial charge in [0.25, 0.3) is 10.2 Å². The smallest absolute Gasteiger partial charge is 0.278 e. The van der Waals surface area contributed by atoms with Gasteiger partial charge in [-0.25, -0.2) is 13.1 Å². The fourth-order valence-corrected chi connectivity index (χ4v) is 3.45. The summed E-state index contributed by atoms with van der Waals surface area (Å²) < 4.78 is 56.1. The van der Waals surface area contributed by atoms with E-state index in [4.69, 9.17) is 4.74 Å². The second-order valence-corrected chi connectivity index (χ2v) is 8.07. The zero-order chi connectivity index (χ0) is 13.8. The molecule has 1 aliphatic rings. The van der Waals surface area contributed by atoms with Gasteiger partial charge in [-0.15, -0.1) is 0 Å². The SMILES string of the molecule is CN(C)S(=O)(=O)NCCS(=O)(=O)N1CCOCC1. The summed E-state index contributed by atoms with van der Waals surface area (Å²) in [5, 5.41) is 0. The van der Waals surface area contributed by atoms with E-state index in [1.54, 1.807) is 0 Å². The third-order valence-electron chi connectivity index (χ3n) is 2.49. The lowest BCUT2D eigenvalue weighted by Gasteiger charge is -2.26. The molecule has 8 nitrogen and oxygen atoms in total. The molecule has 0 bridgehead atoms. The normalized spacial score (nSPS) is 19.3. The minimum atomic E-state index is -3.58. The van der Waals surface area contributed by atoms with Gasteiger partial charge in [-0.2, -0.15) is 17.0 Å². The summed E-state index contributed by atoms with van der Waals surface area (Å²) in [5.41, 5.74) is 0. The maximum Gasteiger partial charge on any atom is 0.278 e. The van der Waals surface area contributed by atoms with Crippen LogP contribution in [0.25, 0.3) is 0 Å². The van der Waals surface area contributed by atoms with E-state index in [1.807, 2.05) is 0 Å². The minimum absolute atomic E-state index is 0.139. The standard InChI is InChI=1S/C8H19N3O5S2/c1-10(2)18(14,15)9-3-8-17(12,13)11-4-6-16-7-5-11/h9H,3-8H2,1-2H3. The minimum Gasteiger partial charge on any atom is -0.379 e. The first-order valence-electron chi connectivity index (χ1n) is 5.48. The molecule has 1 saturated heterocycles. The molecule has 0 amide bonds. The van der Waals surface area contributed by atoms with Crippen LogP contribution in [0.1, 0.15) is 0 Å². The highest BCUT2D eigenvalue weighted by molar-refractivity contribution is 7.89. The van der Waals surface area contributed by atoms with E-state index in [9.17, 15) is 16.8 Å². The number of nitrogens with zero attached hydrogens (tertiary/aromatic N) is 2. The number of hydrogen-bond donors (Lipinski definition) is 1. The molecule has 0 radical (unpaired) electrons. The monoisotopic (exact) mass is 301 g/mol. The average molecular weight is 301 g/mol. The van der Waals surface area contributed by atoms with Crippen LogP contribution in [0.15, 0.2) is 0 Å². The number of nitrogens with one attached hydrogen (secondary N) is 1. The maximum atomic E-state index is 11.9. The summed E-state index contributed by atoms with van der Waals surface area (Å²) in [5.74, 6) is -0.250. The summed E-state index contributed by atoms with van der Waals surface area (Å²) in [7, 11) is -4.25. The average Bonchev–Trinajstić information content (AvgIpc) is 2.29. The number of morpholine rings is 1. The second kappa shape index (κ2) is 6.26. The lowest BCUT2D eigenvalue weighted by molar-refractivity contribution is 0.0730. The Bertz CT molecular complexity index is 453. The summed E-state index contributed by atoms with van der Waals surface area (Å²) in [6, 6.07) is 0. The van der Waals surface area contributed by atoms with Gasteiger partial charge in [-0.3, -0.25) is 0 Å². The van der Waals surface area contributed by atoms with Crippen LogP contribution < -0.4 is 4.72 Å². The van der Waals surface area contributed by atoms with Gasteiger partial charge in [0, 0.05) is 33.7 Å². The van der Waals surface area contributed by atoms with Crippen molar-refractivity contribution in [2.45, 2.75) is 0 Å². The Morgan fingerprint density at radius 3 is 2.22 bits per heavy atom. The van der Waals surface area contributed by atoms with Crippen molar-refractivity contribution in [1.29, 1.82) is 0 Å². The topological polar surface area (TPSA) is 96.0 Å². The van der Waals surface area contributed by atoms with Gasteiger partial charge in [0.05, 0.1) is 19.0 Å². The first-order valence-corrected chi connectivity index (χ1v) is 8.53. The summed E-state index contributed by atoms with van der Waals surface area (Å²) in [6.45, 7) is 1.26. The van der Waals surface area contributed by atoms with Crippen LogP contribution in [-0.4, -0.2) is 78.1 Å². The molecule has 1 rings (SSSR count). The first kappa shape index (κ1) is 15.8. The lowest BCUT2D eigenvalue weighted by Crippen LogP contribution is -2.44. The van der Waals surface area contributed by atoms with Gasteiger partial charge in [0.15, 0.2) is 0 Å². The maximum absolute atomic E-state index is 11.9. The Morgan fingerprint density at radius 2 is 1.72 bits per heavy atom. The van der Waals surface area contributed by atoms with E-state index < -0.39 is 20.2 Å². The van der Waals surface area contributed by atoms with Gasteiger partial charge in [-0.1, -0.05) is 0 Å². The zero-order valence-electron chi connectivity index (χ0n) is 10.5. The Kier molecular flexibility index (Phi) is 5.49. The molecule has 0 aromatic rings. The van der Waals surface area contributed by atoms with E-state index in [0.29, 0.717) is 26.3 Å². The van der Waals surface area contributed by atoms with Crippen molar-refractivity contribution in [2.24, 2.45) is 0 Å². The molecule has 10 heteroatoms. The Hall–Kier alpha value is -0.260. The van der Waals surface area contributed by atoms with Crippen LogP contribution in [0.3, 0.4) is 0 Å². The molecule has 0 spiro atoms. The fourth-order valence-electron chi connectivity index (χ4n) is 1.38. The van der Waals surface area contributed by atoms with Crippen LogP contribution in [0, 0.1) is 0 Å². The molecule has 0 saturated carbocycles. The highest BCUT2D eigenvalue weighted by Crippen LogP contribution is 2.05. The second-order valence-electron chi connectivity index (χ2n) is 4.01. The predicted molar refractivity (Wildman–Crippen MR) is 66.8 cm³/mol. The van der Waals surface area contributed by atoms with Crippen molar-refractivity contribution >= 4 is 20.2 Å². The Morgan fingerprint density at radius 1 is 1.17 bits per heavy atom. The number of rotatable bonds is 6. The molecule has 1 heterocycles. The summed E-state index contributed by atoms with van der Waals surface area (Å²) in [6.07, 6.45) is 0. The molecule has 18 heavy (non-hydrogen) atoms. The van der Waals surface area contributed by atoms with Crippen molar-refractivity contribution in [2.75, 3.05) is 52.7 Å². The predicted octanol–water partition coefficient (Wildman–Crippen LogP) is -1.96. The third kappa shape index (κ3) is 4.44. The fraction of sp³-hybridized carbons (Fsp3) is 1.00. The first-order chi connectivity index (χ1) is 8.26. The van der Waals surface area contributed by atoms with Crippen LogP contribution in [0.5, 0.6) is 0 Å². The van der Waals surface area contributed by atoms with E-state index >= 15 is 0 Å². The zero-order valence-corrected chi connectivity index (χ0v) is 12.1. The number of sulfonamides is 1. The highest BCUT2D eigenvalue weighted by Gasteiger charge is 2.24. The largest absolute Gasteiger partial charge is 0.379 e. The van der Waals surface area contributed by atoms with Crippen LogP contribution in [0.4, 0.5) is 0 Å². The van der Waals surface area contributed by atoms with E-state index in [1.165, 1.54) is 18.4 Å². The molecular formula is C8H19N3O5S2.